The third-order valence-corrected chi connectivity index (χ3v) is 3.66. The van der Waals surface area contributed by atoms with Gasteiger partial charge in [0.1, 0.15) is 0 Å². The van der Waals surface area contributed by atoms with Crippen LogP contribution in [-0.4, -0.2) is 44.3 Å². The molecule has 24 heavy (non-hydrogen) atoms. The summed E-state index contributed by atoms with van der Waals surface area (Å²) in [5.74, 6) is -8.45. The van der Waals surface area contributed by atoms with Crippen molar-refractivity contribution in [2.75, 3.05) is 0 Å². The molecule has 0 aliphatic carbocycles. The quantitative estimate of drug-likeness (QED) is 0.464. The topological polar surface area (TPSA) is 149 Å². The summed E-state index contributed by atoms with van der Waals surface area (Å²) in [6.07, 6.45) is 0.473. The van der Waals surface area contributed by atoms with E-state index in [0.717, 1.165) is 11.1 Å². The molecule has 0 heterocycles. The maximum Gasteiger partial charge on any atom is 0.317 e. The molecule has 0 fully saturated rings. The molecule has 0 bridgehead atoms. The molecule has 0 saturated heterocycles. The Morgan fingerprint density at radius 3 is 1.08 bits per heavy atom. The molecule has 1 aromatic rings. The van der Waals surface area contributed by atoms with Crippen molar-refractivity contribution in [3.05, 3.63) is 35.4 Å². The van der Waals surface area contributed by atoms with Crippen LogP contribution in [0.25, 0.3) is 0 Å². The van der Waals surface area contributed by atoms with Gasteiger partial charge in [-0.1, -0.05) is 24.3 Å². The van der Waals surface area contributed by atoms with E-state index in [0.29, 0.717) is 0 Å². The Labute approximate surface area is 137 Å². The molecule has 0 radical (unpaired) electrons. The van der Waals surface area contributed by atoms with Crippen LogP contribution in [-0.2, 0) is 32.0 Å². The van der Waals surface area contributed by atoms with Gasteiger partial charge in [-0.2, -0.15) is 0 Å². The number of carboxylic acid groups (broad SMARTS) is 4. The van der Waals surface area contributed by atoms with Crippen molar-refractivity contribution >= 4 is 23.9 Å². The molecule has 130 valence electrons. The minimum Gasteiger partial charge on any atom is -0.481 e. The molecule has 8 heteroatoms. The summed E-state index contributed by atoms with van der Waals surface area (Å²) >= 11 is 0. The van der Waals surface area contributed by atoms with Gasteiger partial charge in [0.25, 0.3) is 0 Å². The number of hydrogen-bond acceptors (Lipinski definition) is 4. The zero-order valence-electron chi connectivity index (χ0n) is 12.7. The molecule has 0 atom stereocenters. The Bertz CT molecular complexity index is 536. The normalized spacial score (nSPS) is 10.8. The molecule has 1 rings (SSSR count). The molecule has 0 spiro atoms. The minimum atomic E-state index is -1.46. The van der Waals surface area contributed by atoms with Crippen molar-refractivity contribution in [3.63, 3.8) is 0 Å². The average molecular weight is 338 g/mol. The lowest BCUT2D eigenvalue weighted by atomic mass is 9.96. The van der Waals surface area contributed by atoms with E-state index < -0.39 is 35.7 Å². The molecular formula is C16H18O8. The Morgan fingerprint density at radius 2 is 0.875 bits per heavy atom. The largest absolute Gasteiger partial charge is 0.481 e. The van der Waals surface area contributed by atoms with Crippen molar-refractivity contribution in [3.8, 4) is 0 Å². The smallest absolute Gasteiger partial charge is 0.317 e. The summed E-state index contributed by atoms with van der Waals surface area (Å²) in [6.45, 7) is 0. The molecule has 0 aliphatic rings. The molecule has 8 nitrogen and oxygen atoms in total. The predicted molar refractivity (Wildman–Crippen MR) is 80.6 cm³/mol. The van der Waals surface area contributed by atoms with Crippen molar-refractivity contribution in [1.29, 1.82) is 0 Å². The number of aliphatic carboxylic acids is 4. The zero-order chi connectivity index (χ0) is 18.3. The van der Waals surface area contributed by atoms with Gasteiger partial charge in [0.2, 0.25) is 0 Å². The van der Waals surface area contributed by atoms with E-state index in [2.05, 4.69) is 0 Å². The summed E-state index contributed by atoms with van der Waals surface area (Å²) in [7, 11) is 0. The van der Waals surface area contributed by atoms with E-state index in [1.165, 1.54) is 0 Å². The lowest BCUT2D eigenvalue weighted by Crippen LogP contribution is -2.24. The van der Waals surface area contributed by atoms with Gasteiger partial charge >= 0.3 is 23.9 Å². The summed E-state index contributed by atoms with van der Waals surface area (Å²) in [5.41, 5.74) is 1.50. The molecule has 0 aromatic heterocycles. The van der Waals surface area contributed by atoms with E-state index in [-0.39, 0.29) is 25.7 Å². The van der Waals surface area contributed by atoms with Gasteiger partial charge in [-0.3, -0.25) is 19.2 Å². The zero-order valence-corrected chi connectivity index (χ0v) is 12.7. The van der Waals surface area contributed by atoms with Crippen LogP contribution in [0.3, 0.4) is 0 Å². The summed E-state index contributed by atoms with van der Waals surface area (Å²) < 4.78 is 0. The molecule has 4 N–H and O–H groups in total. The van der Waals surface area contributed by atoms with Crippen LogP contribution in [0.4, 0.5) is 0 Å². The Balaban J connectivity index is 2.60. The fourth-order valence-corrected chi connectivity index (χ4v) is 2.20. The van der Waals surface area contributed by atoms with Gasteiger partial charge in [-0.25, -0.2) is 0 Å². The number of rotatable bonds is 10. The van der Waals surface area contributed by atoms with Crippen LogP contribution in [0.2, 0.25) is 0 Å². The highest BCUT2D eigenvalue weighted by atomic mass is 16.4. The molecule has 0 amide bonds. The fraction of sp³-hybridized carbons (Fsp3) is 0.375. The van der Waals surface area contributed by atoms with Crippen molar-refractivity contribution in [2.45, 2.75) is 25.7 Å². The van der Waals surface area contributed by atoms with Gasteiger partial charge in [0.15, 0.2) is 11.8 Å². The average Bonchev–Trinajstić information content (AvgIpc) is 2.47. The molecule has 0 aliphatic heterocycles. The van der Waals surface area contributed by atoms with Gasteiger partial charge in [0.05, 0.1) is 0 Å². The van der Waals surface area contributed by atoms with Crippen molar-refractivity contribution in [1.82, 2.24) is 0 Å². The van der Waals surface area contributed by atoms with E-state index in [1.807, 2.05) is 0 Å². The SMILES string of the molecule is O=C(O)C(CCc1ccc(CCC(C(=O)O)C(=O)O)cc1)C(=O)O. The van der Waals surface area contributed by atoms with Crippen molar-refractivity contribution < 1.29 is 39.6 Å². The third kappa shape index (κ3) is 5.71. The lowest BCUT2D eigenvalue weighted by Gasteiger charge is -2.09. The first kappa shape index (κ1) is 19.1. The molecule has 1 aromatic carbocycles. The maximum absolute atomic E-state index is 10.8. The van der Waals surface area contributed by atoms with Gasteiger partial charge in [0, 0.05) is 0 Å². The van der Waals surface area contributed by atoms with E-state index in [4.69, 9.17) is 20.4 Å². The highest BCUT2D eigenvalue weighted by Crippen LogP contribution is 2.15. The summed E-state index contributed by atoms with van der Waals surface area (Å²) in [5, 5.41) is 35.2. The Hall–Kier alpha value is -2.90. The lowest BCUT2D eigenvalue weighted by molar-refractivity contribution is -0.156. The highest BCUT2D eigenvalue weighted by molar-refractivity contribution is 5.93. The van der Waals surface area contributed by atoms with Crippen LogP contribution < -0.4 is 0 Å². The predicted octanol–water partition coefficient (Wildman–Crippen LogP) is 1.12. The van der Waals surface area contributed by atoms with Crippen molar-refractivity contribution in [2.24, 2.45) is 11.8 Å². The van der Waals surface area contributed by atoms with E-state index >= 15 is 0 Å². The first-order valence-corrected chi connectivity index (χ1v) is 7.21. The number of aryl methyl sites for hydroxylation is 2. The number of carboxylic acids is 4. The first-order valence-electron chi connectivity index (χ1n) is 7.21. The number of hydrogen-bond donors (Lipinski definition) is 4. The highest BCUT2D eigenvalue weighted by Gasteiger charge is 2.26. The maximum atomic E-state index is 10.8. The first-order chi connectivity index (χ1) is 11.2. The molecule has 0 unspecified atom stereocenters. The monoisotopic (exact) mass is 338 g/mol. The Kier molecular flexibility index (Phi) is 6.91. The summed E-state index contributed by atoms with van der Waals surface area (Å²) in [4.78, 5) is 43.2. The van der Waals surface area contributed by atoms with Gasteiger partial charge in [-0.05, 0) is 36.8 Å². The molecular weight excluding hydrogens is 320 g/mol. The minimum absolute atomic E-state index is 0.0376. The van der Waals surface area contributed by atoms with E-state index in [1.54, 1.807) is 24.3 Å². The van der Waals surface area contributed by atoms with Gasteiger partial charge in [-0.15, -0.1) is 0 Å². The van der Waals surface area contributed by atoms with Crippen LogP contribution in [0.1, 0.15) is 24.0 Å². The van der Waals surface area contributed by atoms with E-state index in [9.17, 15) is 19.2 Å². The molecule has 0 saturated carbocycles. The van der Waals surface area contributed by atoms with Crippen LogP contribution in [0.15, 0.2) is 24.3 Å². The second kappa shape index (κ2) is 8.66. The van der Waals surface area contributed by atoms with Gasteiger partial charge < -0.3 is 20.4 Å². The second-order valence-electron chi connectivity index (χ2n) is 5.35. The fourth-order valence-electron chi connectivity index (χ4n) is 2.20. The third-order valence-electron chi connectivity index (χ3n) is 3.66. The Morgan fingerprint density at radius 1 is 0.625 bits per heavy atom. The van der Waals surface area contributed by atoms with Crippen LogP contribution >= 0.6 is 0 Å². The summed E-state index contributed by atoms with van der Waals surface area (Å²) in [6, 6.07) is 6.75. The second-order valence-corrected chi connectivity index (χ2v) is 5.35. The number of benzene rings is 1. The van der Waals surface area contributed by atoms with Crippen LogP contribution in [0, 0.1) is 11.8 Å². The van der Waals surface area contributed by atoms with Crippen LogP contribution in [0.5, 0.6) is 0 Å². The number of carbonyl (C=O) groups is 4. The standard InChI is InChI=1S/C16H18O8/c17-13(18)11(14(19)20)7-5-9-1-2-10(4-3-9)6-8-12(15(21)22)16(23)24/h1-4,11-12H,5-8H2,(H,17,18)(H,19,20)(H,21,22)(H,23,24).